The van der Waals surface area contributed by atoms with Gasteiger partial charge in [-0.05, 0) is 31.6 Å². The first kappa shape index (κ1) is 17.5. The second-order valence-corrected chi connectivity index (χ2v) is 7.75. The molecule has 2 saturated carbocycles. The van der Waals surface area contributed by atoms with Gasteiger partial charge in [0.15, 0.2) is 5.69 Å². The molecule has 0 atom stereocenters. The van der Waals surface area contributed by atoms with Gasteiger partial charge in [-0.25, -0.2) is 0 Å². The Morgan fingerprint density at radius 2 is 2.00 bits per heavy atom. The summed E-state index contributed by atoms with van der Waals surface area (Å²) in [5, 5.41) is 10.6. The topological polar surface area (TPSA) is 85.2 Å². The fourth-order valence-electron chi connectivity index (χ4n) is 4.01. The van der Waals surface area contributed by atoms with Crippen LogP contribution in [0, 0.1) is 5.92 Å². The van der Waals surface area contributed by atoms with Crippen LogP contribution in [0.15, 0.2) is 0 Å². The van der Waals surface area contributed by atoms with E-state index in [4.69, 9.17) is 4.74 Å². The van der Waals surface area contributed by atoms with Gasteiger partial charge in [0.05, 0.1) is 19.8 Å². The summed E-state index contributed by atoms with van der Waals surface area (Å²) in [5.41, 5.74) is 2.47. The summed E-state index contributed by atoms with van der Waals surface area (Å²) in [5.74, 6) is 0.591. The first-order valence-corrected chi connectivity index (χ1v) is 9.94. The molecule has 1 aromatic heterocycles. The number of ether oxygens (including phenoxy) is 1. The zero-order valence-electron chi connectivity index (χ0n) is 15.3. The quantitative estimate of drug-likeness (QED) is 0.772. The van der Waals surface area contributed by atoms with Crippen LogP contribution in [0.5, 0.6) is 0 Å². The fraction of sp³-hybridized carbons (Fsp3) is 0.737. The number of carbonyl (C=O) groups excluding carboxylic acids is 2. The van der Waals surface area contributed by atoms with E-state index in [0.29, 0.717) is 50.4 Å². The molecule has 2 amide bonds. The van der Waals surface area contributed by atoms with Crippen molar-refractivity contribution in [1.82, 2.24) is 20.4 Å². The summed E-state index contributed by atoms with van der Waals surface area (Å²) >= 11 is 0. The molecule has 142 valence electrons. The number of hydrogen-bond donors (Lipinski definition) is 2. The maximum atomic E-state index is 12.4. The average molecular weight is 360 g/mol. The smallest absolute Gasteiger partial charge is 0.272 e. The Hall–Kier alpha value is -1.89. The zero-order valence-corrected chi connectivity index (χ0v) is 15.3. The van der Waals surface area contributed by atoms with E-state index in [0.717, 1.165) is 30.5 Å². The van der Waals surface area contributed by atoms with Crippen LogP contribution in [0.25, 0.3) is 0 Å². The van der Waals surface area contributed by atoms with E-state index in [9.17, 15) is 9.59 Å². The zero-order chi connectivity index (χ0) is 17.9. The lowest BCUT2D eigenvalue weighted by molar-refractivity contribution is -0.122. The highest BCUT2D eigenvalue weighted by Crippen LogP contribution is 2.27. The lowest BCUT2D eigenvalue weighted by Gasteiger charge is -2.15. The summed E-state index contributed by atoms with van der Waals surface area (Å²) in [6, 6.07) is 0.308. The van der Waals surface area contributed by atoms with Crippen molar-refractivity contribution >= 4 is 11.8 Å². The summed E-state index contributed by atoms with van der Waals surface area (Å²) < 4.78 is 7.42. The predicted octanol–water partition coefficient (Wildman–Crippen LogP) is 1.54. The van der Waals surface area contributed by atoms with Crippen LogP contribution in [-0.4, -0.2) is 40.8 Å². The molecular weight excluding hydrogens is 332 g/mol. The number of hydrogen-bond acceptors (Lipinski definition) is 4. The second-order valence-electron chi connectivity index (χ2n) is 7.75. The monoisotopic (exact) mass is 360 g/mol. The molecule has 0 saturated heterocycles. The van der Waals surface area contributed by atoms with Gasteiger partial charge in [-0.1, -0.05) is 12.8 Å². The molecule has 2 fully saturated rings. The number of nitrogens with zero attached hydrogens (tertiary/aromatic N) is 2. The van der Waals surface area contributed by atoms with Crippen molar-refractivity contribution in [2.75, 3.05) is 13.2 Å². The molecule has 26 heavy (non-hydrogen) atoms. The predicted molar refractivity (Wildman–Crippen MR) is 95.7 cm³/mol. The van der Waals surface area contributed by atoms with E-state index in [2.05, 4.69) is 15.7 Å². The molecule has 3 aliphatic rings. The Labute approximate surface area is 153 Å². The largest absolute Gasteiger partial charge is 0.376 e. The lowest BCUT2D eigenvalue weighted by Crippen LogP contribution is -2.29. The van der Waals surface area contributed by atoms with E-state index >= 15 is 0 Å². The highest BCUT2D eigenvalue weighted by Gasteiger charge is 2.29. The maximum absolute atomic E-state index is 12.4. The Kier molecular flexibility index (Phi) is 5.24. The van der Waals surface area contributed by atoms with Gasteiger partial charge in [0, 0.05) is 36.7 Å². The molecule has 0 aromatic carbocycles. The average Bonchev–Trinajstić information content (AvgIpc) is 3.16. The molecule has 0 bridgehead atoms. The van der Waals surface area contributed by atoms with Crippen molar-refractivity contribution in [3.8, 4) is 0 Å². The van der Waals surface area contributed by atoms with Gasteiger partial charge >= 0.3 is 0 Å². The number of nitrogens with one attached hydrogen (secondary N) is 2. The molecule has 0 radical (unpaired) electrons. The van der Waals surface area contributed by atoms with Gasteiger partial charge in [-0.15, -0.1) is 0 Å². The molecule has 7 heteroatoms. The maximum Gasteiger partial charge on any atom is 0.272 e. The number of fused-ring (bicyclic) bond motifs is 1. The van der Waals surface area contributed by atoms with Crippen LogP contribution < -0.4 is 10.6 Å². The van der Waals surface area contributed by atoms with Crippen molar-refractivity contribution in [3.63, 3.8) is 0 Å². The first-order chi connectivity index (χ1) is 12.7. The van der Waals surface area contributed by atoms with Gasteiger partial charge in [0.2, 0.25) is 5.91 Å². The Bertz CT molecular complexity index is 675. The van der Waals surface area contributed by atoms with Gasteiger partial charge in [0.1, 0.15) is 0 Å². The van der Waals surface area contributed by atoms with Crippen LogP contribution in [0.3, 0.4) is 0 Å². The van der Waals surface area contributed by atoms with E-state index < -0.39 is 0 Å². The van der Waals surface area contributed by atoms with Crippen LogP contribution in [0.4, 0.5) is 0 Å². The van der Waals surface area contributed by atoms with Gasteiger partial charge < -0.3 is 15.4 Å². The minimum absolute atomic E-state index is 0.0988. The third-order valence-corrected chi connectivity index (χ3v) is 5.62. The van der Waals surface area contributed by atoms with E-state index in [1.165, 1.54) is 25.7 Å². The van der Waals surface area contributed by atoms with Crippen molar-refractivity contribution in [3.05, 3.63) is 17.0 Å². The van der Waals surface area contributed by atoms with Crippen molar-refractivity contribution in [2.45, 2.75) is 70.6 Å². The molecule has 1 aliphatic heterocycles. The number of rotatable bonds is 7. The van der Waals surface area contributed by atoms with E-state index in [1.54, 1.807) is 0 Å². The van der Waals surface area contributed by atoms with Crippen molar-refractivity contribution < 1.29 is 14.3 Å². The van der Waals surface area contributed by atoms with Crippen LogP contribution in [-0.2, 0) is 29.1 Å². The minimum Gasteiger partial charge on any atom is -0.376 e. The minimum atomic E-state index is -0.0988. The van der Waals surface area contributed by atoms with Gasteiger partial charge in [-0.3, -0.25) is 14.3 Å². The molecule has 2 aliphatic carbocycles. The van der Waals surface area contributed by atoms with Crippen LogP contribution >= 0.6 is 0 Å². The summed E-state index contributed by atoms with van der Waals surface area (Å²) in [4.78, 5) is 24.5. The molecule has 4 rings (SSSR count). The standard InChI is InChI=1S/C19H28N4O3/c24-17(11-13-3-1-2-4-13)20-8-9-23-16-7-10-26-12-15(16)18(22-23)19(25)21-14-5-6-14/h13-14H,1-12H2,(H,20,24)(H,21,25). The summed E-state index contributed by atoms with van der Waals surface area (Å²) in [6.07, 6.45) is 8.38. The highest BCUT2D eigenvalue weighted by molar-refractivity contribution is 5.94. The number of carbonyl (C=O) groups is 2. The number of amides is 2. The van der Waals surface area contributed by atoms with E-state index in [-0.39, 0.29) is 11.8 Å². The van der Waals surface area contributed by atoms with Gasteiger partial charge in [0.25, 0.3) is 5.91 Å². The number of aromatic nitrogens is 2. The van der Waals surface area contributed by atoms with Crippen LogP contribution in [0.1, 0.15) is 66.7 Å². The highest BCUT2D eigenvalue weighted by atomic mass is 16.5. The van der Waals surface area contributed by atoms with Crippen LogP contribution in [0.2, 0.25) is 0 Å². The molecule has 0 unspecified atom stereocenters. The fourth-order valence-corrected chi connectivity index (χ4v) is 4.01. The molecule has 1 aromatic rings. The molecule has 7 nitrogen and oxygen atoms in total. The molecule has 2 heterocycles. The summed E-state index contributed by atoms with van der Waals surface area (Å²) in [6.45, 7) is 2.23. The third-order valence-electron chi connectivity index (χ3n) is 5.62. The lowest BCUT2D eigenvalue weighted by atomic mass is 10.0. The molecule has 0 spiro atoms. The SMILES string of the molecule is O=C(CC1CCCC1)NCCn1nc(C(=O)NC2CC2)c2c1CCOC2. The molecular formula is C19H28N4O3. The van der Waals surface area contributed by atoms with Crippen molar-refractivity contribution in [2.24, 2.45) is 5.92 Å². The normalized spacial score (nSPS) is 20.0. The van der Waals surface area contributed by atoms with Crippen molar-refractivity contribution in [1.29, 1.82) is 0 Å². The van der Waals surface area contributed by atoms with E-state index in [1.807, 2.05) is 4.68 Å². The summed E-state index contributed by atoms with van der Waals surface area (Å²) in [7, 11) is 0. The third kappa shape index (κ3) is 4.09. The first-order valence-electron chi connectivity index (χ1n) is 9.94. The Morgan fingerprint density at radius 1 is 1.19 bits per heavy atom. The molecule has 2 N–H and O–H groups in total. The Balaban J connectivity index is 1.35. The Morgan fingerprint density at radius 3 is 2.77 bits per heavy atom. The van der Waals surface area contributed by atoms with Gasteiger partial charge in [-0.2, -0.15) is 5.10 Å². The second kappa shape index (κ2) is 7.78.